The highest BCUT2D eigenvalue weighted by atomic mass is 16.5. The molecule has 2 aromatic heterocycles. The number of Topliss-reactive ketones (excluding diaryl/α,β-unsaturated/α-hetero) is 1. The van der Waals surface area contributed by atoms with E-state index in [9.17, 15) is 10.1 Å². The first-order chi connectivity index (χ1) is 14.7. The zero-order valence-electron chi connectivity index (χ0n) is 16.6. The average Bonchev–Trinajstić information content (AvgIpc) is 3.24. The molecule has 8 nitrogen and oxygen atoms in total. The number of aromatic nitrogens is 3. The Kier molecular flexibility index (Phi) is 5.82. The third-order valence-electron chi connectivity index (χ3n) is 5.20. The van der Waals surface area contributed by atoms with Gasteiger partial charge in [0.25, 0.3) is 5.89 Å². The van der Waals surface area contributed by atoms with Crippen molar-refractivity contribution >= 4 is 11.6 Å². The summed E-state index contributed by atoms with van der Waals surface area (Å²) in [5, 5.41) is 20.0. The Labute approximate surface area is 174 Å². The van der Waals surface area contributed by atoms with Crippen molar-refractivity contribution in [2.45, 2.75) is 38.3 Å². The maximum atomic E-state index is 13.7. The van der Waals surface area contributed by atoms with Crippen LogP contribution in [-0.2, 0) is 0 Å². The number of nitrogens with one attached hydrogen (secondary N) is 2. The van der Waals surface area contributed by atoms with Gasteiger partial charge in [-0.15, -0.1) is 0 Å². The van der Waals surface area contributed by atoms with Gasteiger partial charge in [-0.2, -0.15) is 10.2 Å². The summed E-state index contributed by atoms with van der Waals surface area (Å²) >= 11 is 0. The number of carbonyl (C=O) groups excluding carboxylic acids is 1. The molecule has 0 saturated carbocycles. The second kappa shape index (κ2) is 8.84. The maximum Gasteiger partial charge on any atom is 0.258 e. The third-order valence-corrected chi connectivity index (χ3v) is 5.20. The summed E-state index contributed by atoms with van der Waals surface area (Å²) in [6.07, 6.45) is 4.55. The zero-order chi connectivity index (χ0) is 20.9. The van der Waals surface area contributed by atoms with Crippen molar-refractivity contribution in [2.75, 3.05) is 11.9 Å². The van der Waals surface area contributed by atoms with Gasteiger partial charge in [-0.05, 0) is 44.5 Å². The van der Waals surface area contributed by atoms with Crippen LogP contribution in [0, 0.1) is 18.3 Å². The van der Waals surface area contributed by atoms with Gasteiger partial charge in [0.1, 0.15) is 17.9 Å². The van der Waals surface area contributed by atoms with Crippen LogP contribution < -0.4 is 10.6 Å². The minimum Gasteiger partial charge on any atom is -0.357 e. The van der Waals surface area contributed by atoms with Crippen LogP contribution in [-0.4, -0.2) is 39.5 Å². The fraction of sp³-hybridized carbons (Fsp3) is 0.318. The van der Waals surface area contributed by atoms with Crippen LogP contribution in [0.25, 0.3) is 11.5 Å². The molecule has 1 aliphatic rings. The first kappa shape index (κ1) is 19.7. The Bertz CT molecular complexity index is 1080. The topological polar surface area (TPSA) is 117 Å². The van der Waals surface area contributed by atoms with Crippen LogP contribution in [0.3, 0.4) is 0 Å². The van der Waals surface area contributed by atoms with Gasteiger partial charge in [0.05, 0.1) is 11.1 Å². The first-order valence-electron chi connectivity index (χ1n) is 9.96. The van der Waals surface area contributed by atoms with Crippen molar-refractivity contribution in [3.05, 3.63) is 59.5 Å². The van der Waals surface area contributed by atoms with Crippen molar-refractivity contribution in [2.24, 2.45) is 0 Å². The normalized spacial score (nSPS) is 17.1. The van der Waals surface area contributed by atoms with Gasteiger partial charge in [0, 0.05) is 17.8 Å². The van der Waals surface area contributed by atoms with E-state index in [4.69, 9.17) is 4.52 Å². The zero-order valence-corrected chi connectivity index (χ0v) is 16.6. The number of carbonyl (C=O) groups is 1. The number of ketones is 1. The van der Waals surface area contributed by atoms with Gasteiger partial charge in [-0.3, -0.25) is 4.79 Å². The van der Waals surface area contributed by atoms with Crippen molar-refractivity contribution in [1.29, 1.82) is 5.26 Å². The van der Waals surface area contributed by atoms with E-state index in [-0.39, 0.29) is 11.8 Å². The van der Waals surface area contributed by atoms with E-state index in [1.54, 1.807) is 37.4 Å². The van der Waals surface area contributed by atoms with Crippen molar-refractivity contribution in [1.82, 2.24) is 20.4 Å². The minimum atomic E-state index is -0.600. The first-order valence-corrected chi connectivity index (χ1v) is 9.96. The second-order valence-electron chi connectivity index (χ2n) is 7.25. The number of aryl methyl sites for hydroxylation is 1. The number of hydrogen-bond donors (Lipinski definition) is 2. The molecule has 1 aromatic carbocycles. The van der Waals surface area contributed by atoms with Crippen LogP contribution >= 0.6 is 0 Å². The maximum absolute atomic E-state index is 13.7. The van der Waals surface area contributed by atoms with Crippen LogP contribution in [0.15, 0.2) is 47.1 Å². The van der Waals surface area contributed by atoms with Gasteiger partial charge in [0.2, 0.25) is 0 Å². The summed E-state index contributed by atoms with van der Waals surface area (Å²) in [6.45, 7) is 2.58. The highest BCUT2D eigenvalue weighted by molar-refractivity contribution is 6.06. The lowest BCUT2D eigenvalue weighted by atomic mass is 9.90. The molecule has 4 rings (SSSR count). The van der Waals surface area contributed by atoms with E-state index < -0.39 is 6.04 Å². The third kappa shape index (κ3) is 4.07. The Hall–Kier alpha value is -3.57. The highest BCUT2D eigenvalue weighted by Crippen LogP contribution is 2.26. The van der Waals surface area contributed by atoms with E-state index in [2.05, 4.69) is 31.8 Å². The smallest absolute Gasteiger partial charge is 0.258 e. The monoisotopic (exact) mass is 402 g/mol. The average molecular weight is 402 g/mol. The molecule has 3 aromatic rings. The summed E-state index contributed by atoms with van der Waals surface area (Å²) in [5.74, 6) is 1.10. The molecular weight excluding hydrogens is 380 g/mol. The molecule has 0 radical (unpaired) electrons. The number of nitrogens with zero attached hydrogens (tertiary/aromatic N) is 4. The molecule has 1 saturated heterocycles. The fourth-order valence-corrected chi connectivity index (χ4v) is 3.73. The molecule has 1 unspecified atom stereocenters. The molecule has 0 spiro atoms. The fourth-order valence-electron chi connectivity index (χ4n) is 3.73. The molecule has 2 N–H and O–H groups in total. The van der Waals surface area contributed by atoms with Gasteiger partial charge < -0.3 is 15.2 Å². The molecule has 2 atom stereocenters. The number of hydrogen-bond acceptors (Lipinski definition) is 8. The molecular formula is C22H22N6O2. The SMILES string of the molecule is Cc1noc(-c2ccccc2C(=O)[C@@H](Nc2ncccc2C#N)C2CCCCN2)n1. The molecule has 0 amide bonds. The largest absolute Gasteiger partial charge is 0.357 e. The molecule has 1 aliphatic heterocycles. The van der Waals surface area contributed by atoms with Crippen molar-refractivity contribution in [3.63, 3.8) is 0 Å². The van der Waals surface area contributed by atoms with Crippen LogP contribution in [0.4, 0.5) is 5.82 Å². The lowest BCUT2D eigenvalue weighted by Gasteiger charge is -2.31. The number of piperidine rings is 1. The van der Waals surface area contributed by atoms with Crippen LogP contribution in [0.2, 0.25) is 0 Å². The van der Waals surface area contributed by atoms with Crippen LogP contribution in [0.1, 0.15) is 41.0 Å². The van der Waals surface area contributed by atoms with Gasteiger partial charge >= 0.3 is 0 Å². The van der Waals surface area contributed by atoms with E-state index in [0.717, 1.165) is 25.8 Å². The quantitative estimate of drug-likeness (QED) is 0.604. The summed E-state index contributed by atoms with van der Waals surface area (Å²) < 4.78 is 5.32. The lowest BCUT2D eigenvalue weighted by Crippen LogP contribution is -2.51. The van der Waals surface area contributed by atoms with E-state index >= 15 is 0 Å². The molecule has 1 fully saturated rings. The lowest BCUT2D eigenvalue weighted by molar-refractivity contribution is 0.0946. The van der Waals surface area contributed by atoms with E-state index in [0.29, 0.717) is 34.2 Å². The summed E-state index contributed by atoms with van der Waals surface area (Å²) in [7, 11) is 0. The number of anilines is 1. The number of rotatable bonds is 6. The van der Waals surface area contributed by atoms with Gasteiger partial charge in [-0.25, -0.2) is 4.98 Å². The predicted molar refractivity (Wildman–Crippen MR) is 111 cm³/mol. The molecule has 0 aliphatic carbocycles. The number of benzene rings is 1. The Balaban J connectivity index is 1.72. The predicted octanol–water partition coefficient (Wildman–Crippen LogP) is 3.12. The van der Waals surface area contributed by atoms with Gasteiger partial charge in [0.15, 0.2) is 11.6 Å². The molecule has 8 heteroatoms. The van der Waals surface area contributed by atoms with Gasteiger partial charge in [-0.1, -0.05) is 29.8 Å². The van der Waals surface area contributed by atoms with Crippen molar-refractivity contribution in [3.8, 4) is 17.5 Å². The summed E-state index contributed by atoms with van der Waals surface area (Å²) in [5.41, 5.74) is 1.47. The number of nitriles is 1. The summed E-state index contributed by atoms with van der Waals surface area (Å²) in [4.78, 5) is 22.3. The molecule has 3 heterocycles. The molecule has 30 heavy (non-hydrogen) atoms. The van der Waals surface area contributed by atoms with Crippen LogP contribution in [0.5, 0.6) is 0 Å². The standard InChI is InChI=1S/C22H22N6O2/c1-14-26-22(30-28-14)17-9-3-2-8-16(17)20(29)19(18-10-4-5-11-24-18)27-21-15(13-23)7-6-12-25-21/h2-3,6-9,12,18-19,24H,4-5,10-11H2,1H3,(H,25,27)/t18?,19-/m0/s1. The Morgan fingerprint density at radius 3 is 2.90 bits per heavy atom. The highest BCUT2D eigenvalue weighted by Gasteiger charge is 2.32. The Morgan fingerprint density at radius 1 is 1.30 bits per heavy atom. The second-order valence-corrected chi connectivity index (χ2v) is 7.25. The number of pyridine rings is 1. The Morgan fingerprint density at radius 2 is 2.17 bits per heavy atom. The van der Waals surface area contributed by atoms with E-state index in [1.807, 2.05) is 12.1 Å². The van der Waals surface area contributed by atoms with E-state index in [1.165, 1.54) is 0 Å². The minimum absolute atomic E-state index is 0.0859. The van der Waals surface area contributed by atoms with Crippen molar-refractivity contribution < 1.29 is 9.32 Å². The molecule has 152 valence electrons. The summed E-state index contributed by atoms with van der Waals surface area (Å²) in [6, 6.07) is 12.0. The molecule has 0 bridgehead atoms.